The Morgan fingerprint density at radius 2 is 2.25 bits per heavy atom. The summed E-state index contributed by atoms with van der Waals surface area (Å²) in [4.78, 5) is 3.82. The monoisotopic (exact) mass is 164 g/mol. The fourth-order valence-electron chi connectivity index (χ4n) is 0.947. The Kier molecular flexibility index (Phi) is 2.69. The molecule has 0 unspecified atom stereocenters. The van der Waals surface area contributed by atoms with Gasteiger partial charge in [0.2, 0.25) is 0 Å². The topological polar surface area (TPSA) is 44.6 Å². The lowest BCUT2D eigenvalue weighted by molar-refractivity contribution is 0.475. The number of hydrogen-bond acceptors (Lipinski definition) is 3. The molecule has 0 amide bonds. The van der Waals surface area contributed by atoms with Crippen LogP contribution in [-0.2, 0) is 0 Å². The van der Waals surface area contributed by atoms with Crippen LogP contribution in [0.4, 0.5) is 5.69 Å². The van der Waals surface area contributed by atoms with Crippen LogP contribution < -0.4 is 5.32 Å². The summed E-state index contributed by atoms with van der Waals surface area (Å²) in [6.45, 7) is 0. The fraction of sp³-hybridized carbons (Fsp3) is 0.222. The van der Waals surface area contributed by atoms with Gasteiger partial charge in [0.15, 0.2) is 0 Å². The van der Waals surface area contributed by atoms with Gasteiger partial charge in [-0.05, 0) is 12.1 Å². The van der Waals surface area contributed by atoms with Crippen LogP contribution in [0.2, 0.25) is 0 Å². The van der Waals surface area contributed by atoms with Gasteiger partial charge in [-0.15, -0.1) is 0 Å². The molecule has 0 heterocycles. The second kappa shape index (κ2) is 3.76. The second-order valence-corrected chi connectivity index (χ2v) is 2.41. The first-order chi connectivity index (χ1) is 5.77. The van der Waals surface area contributed by atoms with Gasteiger partial charge in [-0.2, -0.15) is 0 Å². The van der Waals surface area contributed by atoms with E-state index in [1.54, 1.807) is 19.3 Å². The quantitative estimate of drug-likeness (QED) is 0.650. The highest BCUT2D eigenvalue weighted by atomic mass is 16.3. The zero-order chi connectivity index (χ0) is 8.97. The molecule has 0 aromatic heterocycles. The maximum absolute atomic E-state index is 9.42. The third-order valence-electron chi connectivity index (χ3n) is 1.59. The highest BCUT2D eigenvalue weighted by molar-refractivity contribution is 5.84. The van der Waals surface area contributed by atoms with Gasteiger partial charge in [0.1, 0.15) is 5.75 Å². The molecule has 0 aliphatic heterocycles. The van der Waals surface area contributed by atoms with Gasteiger partial charge in [0.25, 0.3) is 0 Å². The molecule has 2 N–H and O–H groups in total. The van der Waals surface area contributed by atoms with Crippen LogP contribution in [0.3, 0.4) is 0 Å². The summed E-state index contributed by atoms with van der Waals surface area (Å²) in [6, 6.07) is 5.36. The van der Waals surface area contributed by atoms with E-state index in [1.165, 1.54) is 0 Å². The summed E-state index contributed by atoms with van der Waals surface area (Å²) >= 11 is 0. The molecule has 0 aliphatic rings. The van der Waals surface area contributed by atoms with E-state index in [0.29, 0.717) is 0 Å². The minimum absolute atomic E-state index is 0.243. The van der Waals surface area contributed by atoms with Crippen LogP contribution in [0.1, 0.15) is 5.56 Å². The van der Waals surface area contributed by atoms with Crippen LogP contribution in [-0.4, -0.2) is 25.4 Å². The van der Waals surface area contributed by atoms with Crippen molar-refractivity contribution in [3.8, 4) is 5.75 Å². The molecule has 0 radical (unpaired) electrons. The Labute approximate surface area is 71.8 Å². The number of hydrogen-bond donors (Lipinski definition) is 2. The smallest absolute Gasteiger partial charge is 0.126 e. The lowest BCUT2D eigenvalue weighted by atomic mass is 10.2. The van der Waals surface area contributed by atoms with Crippen molar-refractivity contribution in [3.05, 3.63) is 23.8 Å². The van der Waals surface area contributed by atoms with Gasteiger partial charge in [-0.3, -0.25) is 4.99 Å². The van der Waals surface area contributed by atoms with Gasteiger partial charge < -0.3 is 10.4 Å². The van der Waals surface area contributed by atoms with Crippen LogP contribution in [0.25, 0.3) is 0 Å². The molecule has 64 valence electrons. The maximum Gasteiger partial charge on any atom is 0.126 e. The minimum Gasteiger partial charge on any atom is -0.507 e. The van der Waals surface area contributed by atoms with Crippen molar-refractivity contribution in [1.29, 1.82) is 0 Å². The van der Waals surface area contributed by atoms with Gasteiger partial charge >= 0.3 is 0 Å². The number of nitrogens with one attached hydrogen (secondary N) is 1. The Morgan fingerprint density at radius 1 is 1.50 bits per heavy atom. The predicted molar refractivity (Wildman–Crippen MR) is 51.2 cm³/mol. The first kappa shape index (κ1) is 8.59. The Morgan fingerprint density at radius 3 is 2.75 bits per heavy atom. The lowest BCUT2D eigenvalue weighted by Gasteiger charge is -2.02. The number of rotatable bonds is 2. The summed E-state index contributed by atoms with van der Waals surface area (Å²) in [5.74, 6) is 0.243. The number of anilines is 1. The van der Waals surface area contributed by atoms with E-state index in [0.717, 1.165) is 11.3 Å². The van der Waals surface area contributed by atoms with Crippen molar-refractivity contribution in [2.45, 2.75) is 0 Å². The molecule has 0 aliphatic carbocycles. The highest BCUT2D eigenvalue weighted by Crippen LogP contribution is 2.19. The number of aliphatic imine (C=N–C) groups is 1. The maximum atomic E-state index is 9.42. The predicted octanol–water partition coefficient (Wildman–Crippen LogP) is 1.48. The molecule has 0 atom stereocenters. The molecule has 0 saturated carbocycles. The Bertz CT molecular complexity index is 295. The summed E-state index contributed by atoms with van der Waals surface area (Å²) < 4.78 is 0. The third kappa shape index (κ3) is 1.75. The number of nitrogens with zero attached hydrogens (tertiary/aromatic N) is 1. The van der Waals surface area contributed by atoms with Crippen LogP contribution in [0.15, 0.2) is 23.2 Å². The summed E-state index contributed by atoms with van der Waals surface area (Å²) in [7, 11) is 3.48. The highest BCUT2D eigenvalue weighted by Gasteiger charge is 1.97. The van der Waals surface area contributed by atoms with Crippen LogP contribution in [0.5, 0.6) is 5.75 Å². The zero-order valence-electron chi connectivity index (χ0n) is 7.20. The first-order valence-corrected chi connectivity index (χ1v) is 3.71. The Balaban J connectivity index is 3.03. The van der Waals surface area contributed by atoms with E-state index in [9.17, 15) is 5.11 Å². The molecule has 1 aromatic rings. The third-order valence-corrected chi connectivity index (χ3v) is 1.59. The first-order valence-electron chi connectivity index (χ1n) is 3.71. The van der Waals surface area contributed by atoms with Crippen molar-refractivity contribution in [2.24, 2.45) is 4.99 Å². The van der Waals surface area contributed by atoms with Gasteiger partial charge in [-0.25, -0.2) is 0 Å². The lowest BCUT2D eigenvalue weighted by Crippen LogP contribution is -1.89. The molecule has 1 rings (SSSR count). The minimum atomic E-state index is 0.243. The Hall–Kier alpha value is -1.51. The summed E-state index contributed by atoms with van der Waals surface area (Å²) in [6.07, 6.45) is 1.62. The average Bonchev–Trinajstić information content (AvgIpc) is 2.09. The second-order valence-electron chi connectivity index (χ2n) is 2.41. The fourth-order valence-corrected chi connectivity index (χ4v) is 0.947. The molecule has 0 bridgehead atoms. The molecule has 0 fully saturated rings. The van der Waals surface area contributed by atoms with Gasteiger partial charge in [-0.1, -0.05) is 0 Å². The largest absolute Gasteiger partial charge is 0.507 e. The zero-order valence-corrected chi connectivity index (χ0v) is 7.20. The molecule has 3 nitrogen and oxygen atoms in total. The summed E-state index contributed by atoms with van der Waals surface area (Å²) in [5, 5.41) is 12.4. The molecule has 0 saturated heterocycles. The molecule has 0 spiro atoms. The molecule has 3 heteroatoms. The van der Waals surface area contributed by atoms with Crippen molar-refractivity contribution < 1.29 is 5.11 Å². The average molecular weight is 164 g/mol. The van der Waals surface area contributed by atoms with E-state index in [4.69, 9.17) is 0 Å². The summed E-state index contributed by atoms with van der Waals surface area (Å²) in [5.41, 5.74) is 1.62. The molecular formula is C9H12N2O. The van der Waals surface area contributed by atoms with Crippen LogP contribution in [0, 0.1) is 0 Å². The normalized spacial score (nSPS) is 10.5. The standard InChI is InChI=1S/C9H12N2O/c1-10-6-7-3-4-8(11-2)5-9(7)12/h3-6,11-12H,1-2H3/b10-6+. The van der Waals surface area contributed by atoms with Crippen molar-refractivity contribution >= 4 is 11.9 Å². The van der Waals surface area contributed by atoms with E-state index in [2.05, 4.69) is 10.3 Å². The van der Waals surface area contributed by atoms with Crippen molar-refractivity contribution in [2.75, 3.05) is 19.4 Å². The molecular weight excluding hydrogens is 152 g/mol. The SMILES string of the molecule is C/N=C/c1ccc(NC)cc1O. The number of benzene rings is 1. The van der Waals surface area contributed by atoms with Crippen molar-refractivity contribution in [3.63, 3.8) is 0 Å². The van der Waals surface area contributed by atoms with E-state index in [1.807, 2.05) is 19.2 Å². The number of aromatic hydroxyl groups is 1. The molecule has 1 aromatic carbocycles. The van der Waals surface area contributed by atoms with E-state index in [-0.39, 0.29) is 5.75 Å². The van der Waals surface area contributed by atoms with Crippen LogP contribution >= 0.6 is 0 Å². The number of phenols is 1. The van der Waals surface area contributed by atoms with Gasteiger partial charge in [0, 0.05) is 37.6 Å². The van der Waals surface area contributed by atoms with Crippen molar-refractivity contribution in [1.82, 2.24) is 0 Å². The number of phenolic OH excluding ortho intramolecular Hbond substituents is 1. The molecule has 12 heavy (non-hydrogen) atoms. The van der Waals surface area contributed by atoms with Gasteiger partial charge in [0.05, 0.1) is 0 Å². The van der Waals surface area contributed by atoms with E-state index >= 15 is 0 Å². The van der Waals surface area contributed by atoms with E-state index < -0.39 is 0 Å².